The summed E-state index contributed by atoms with van der Waals surface area (Å²) in [5.74, 6) is 0.0523. The number of hydrogen-bond acceptors (Lipinski definition) is 6. The Kier molecular flexibility index (Phi) is 4.27. The standard InChI is InChI=1S/C11H18N4O3/c1-9-10(13-18-12-9)7-14-3-5-15(6-4-14)11(16)8-17-2/h3-8H2,1-2H3. The Morgan fingerprint density at radius 1 is 1.33 bits per heavy atom. The zero-order valence-corrected chi connectivity index (χ0v) is 10.8. The van der Waals surface area contributed by atoms with E-state index in [4.69, 9.17) is 4.74 Å². The number of piperazine rings is 1. The molecule has 7 heteroatoms. The van der Waals surface area contributed by atoms with E-state index in [9.17, 15) is 4.79 Å². The number of nitrogens with zero attached hydrogens (tertiary/aromatic N) is 4. The molecule has 7 nitrogen and oxygen atoms in total. The highest BCUT2D eigenvalue weighted by Crippen LogP contribution is 2.09. The van der Waals surface area contributed by atoms with Gasteiger partial charge in [-0.15, -0.1) is 0 Å². The van der Waals surface area contributed by atoms with Crippen molar-refractivity contribution in [3.05, 3.63) is 11.4 Å². The average Bonchev–Trinajstić information content (AvgIpc) is 2.76. The van der Waals surface area contributed by atoms with E-state index in [2.05, 4.69) is 19.8 Å². The molecule has 18 heavy (non-hydrogen) atoms. The Morgan fingerprint density at radius 3 is 2.61 bits per heavy atom. The normalized spacial score (nSPS) is 17.1. The number of ether oxygens (including phenoxy) is 1. The second-order valence-corrected chi connectivity index (χ2v) is 4.39. The number of amides is 1. The van der Waals surface area contributed by atoms with Crippen molar-refractivity contribution in [3.8, 4) is 0 Å². The highest BCUT2D eigenvalue weighted by molar-refractivity contribution is 5.77. The van der Waals surface area contributed by atoms with Crippen molar-refractivity contribution in [2.75, 3.05) is 39.9 Å². The van der Waals surface area contributed by atoms with E-state index in [1.807, 2.05) is 11.8 Å². The number of hydrogen-bond donors (Lipinski definition) is 0. The second kappa shape index (κ2) is 5.92. The van der Waals surface area contributed by atoms with Gasteiger partial charge in [0.15, 0.2) is 0 Å². The van der Waals surface area contributed by atoms with Crippen LogP contribution in [0.1, 0.15) is 11.4 Å². The minimum Gasteiger partial charge on any atom is -0.375 e. The summed E-state index contributed by atoms with van der Waals surface area (Å²) < 4.78 is 9.52. The first-order valence-electron chi connectivity index (χ1n) is 5.98. The molecule has 0 radical (unpaired) electrons. The van der Waals surface area contributed by atoms with E-state index in [1.165, 1.54) is 7.11 Å². The van der Waals surface area contributed by atoms with Gasteiger partial charge in [0.25, 0.3) is 0 Å². The quantitative estimate of drug-likeness (QED) is 0.732. The van der Waals surface area contributed by atoms with Crippen molar-refractivity contribution >= 4 is 5.91 Å². The Morgan fingerprint density at radius 2 is 2.06 bits per heavy atom. The molecular formula is C11H18N4O3. The lowest BCUT2D eigenvalue weighted by Gasteiger charge is -2.34. The van der Waals surface area contributed by atoms with Crippen molar-refractivity contribution in [1.82, 2.24) is 20.1 Å². The fourth-order valence-corrected chi connectivity index (χ4v) is 1.97. The fraction of sp³-hybridized carbons (Fsp3) is 0.727. The molecule has 1 amide bonds. The Hall–Kier alpha value is -1.47. The van der Waals surface area contributed by atoms with Gasteiger partial charge < -0.3 is 9.64 Å². The van der Waals surface area contributed by atoms with Crippen molar-refractivity contribution < 1.29 is 14.2 Å². The number of rotatable bonds is 4. The molecule has 1 fully saturated rings. The van der Waals surface area contributed by atoms with Crippen LogP contribution in [0, 0.1) is 6.92 Å². The predicted molar refractivity (Wildman–Crippen MR) is 62.8 cm³/mol. The fourth-order valence-electron chi connectivity index (χ4n) is 1.97. The zero-order valence-electron chi connectivity index (χ0n) is 10.8. The number of aryl methyl sites for hydroxylation is 1. The summed E-state index contributed by atoms with van der Waals surface area (Å²) >= 11 is 0. The molecule has 0 aromatic carbocycles. The first kappa shape index (κ1) is 13.0. The van der Waals surface area contributed by atoms with Crippen LogP contribution in [-0.2, 0) is 16.1 Å². The molecule has 0 saturated carbocycles. The highest BCUT2D eigenvalue weighted by Gasteiger charge is 2.22. The van der Waals surface area contributed by atoms with E-state index < -0.39 is 0 Å². The minimum atomic E-state index is 0.0523. The van der Waals surface area contributed by atoms with E-state index >= 15 is 0 Å². The van der Waals surface area contributed by atoms with Crippen molar-refractivity contribution in [2.24, 2.45) is 0 Å². The van der Waals surface area contributed by atoms with Gasteiger partial charge in [0, 0.05) is 39.8 Å². The highest BCUT2D eigenvalue weighted by atomic mass is 16.6. The average molecular weight is 254 g/mol. The molecule has 2 rings (SSSR count). The Bertz CT molecular complexity index is 399. The summed E-state index contributed by atoms with van der Waals surface area (Å²) in [6, 6.07) is 0. The first-order chi connectivity index (χ1) is 8.70. The molecule has 0 atom stereocenters. The van der Waals surface area contributed by atoms with Gasteiger partial charge in [-0.25, -0.2) is 4.63 Å². The van der Waals surface area contributed by atoms with E-state index in [0.717, 1.165) is 44.1 Å². The largest absolute Gasteiger partial charge is 0.375 e. The summed E-state index contributed by atoms with van der Waals surface area (Å²) in [7, 11) is 1.54. The summed E-state index contributed by atoms with van der Waals surface area (Å²) in [4.78, 5) is 15.7. The molecule has 1 aromatic heterocycles. The number of carbonyl (C=O) groups is 1. The van der Waals surface area contributed by atoms with Crippen molar-refractivity contribution in [3.63, 3.8) is 0 Å². The van der Waals surface area contributed by atoms with E-state index in [1.54, 1.807) is 0 Å². The third-order valence-electron chi connectivity index (χ3n) is 3.11. The molecule has 1 saturated heterocycles. The summed E-state index contributed by atoms with van der Waals surface area (Å²) in [6.07, 6.45) is 0. The van der Waals surface area contributed by atoms with Gasteiger partial charge in [-0.3, -0.25) is 9.69 Å². The SMILES string of the molecule is COCC(=O)N1CCN(Cc2nonc2C)CC1. The lowest BCUT2D eigenvalue weighted by molar-refractivity contribution is -0.136. The lowest BCUT2D eigenvalue weighted by Crippen LogP contribution is -2.49. The van der Waals surface area contributed by atoms with Crippen LogP contribution in [0.4, 0.5) is 0 Å². The van der Waals surface area contributed by atoms with Crippen molar-refractivity contribution in [1.29, 1.82) is 0 Å². The van der Waals surface area contributed by atoms with Crippen molar-refractivity contribution in [2.45, 2.75) is 13.5 Å². The van der Waals surface area contributed by atoms with Gasteiger partial charge >= 0.3 is 0 Å². The molecule has 0 bridgehead atoms. The van der Waals surface area contributed by atoms with Crippen LogP contribution in [0.2, 0.25) is 0 Å². The molecule has 1 aliphatic heterocycles. The third kappa shape index (κ3) is 3.05. The van der Waals surface area contributed by atoms with Crippen LogP contribution in [0.15, 0.2) is 4.63 Å². The summed E-state index contributed by atoms with van der Waals surface area (Å²) in [5.41, 5.74) is 1.69. The van der Waals surface area contributed by atoms with E-state index in [0.29, 0.717) is 0 Å². The van der Waals surface area contributed by atoms with Gasteiger partial charge in [-0.1, -0.05) is 10.3 Å². The van der Waals surface area contributed by atoms with Crippen LogP contribution < -0.4 is 0 Å². The third-order valence-corrected chi connectivity index (χ3v) is 3.11. The Labute approximate surface area is 106 Å². The lowest BCUT2D eigenvalue weighted by atomic mass is 10.2. The number of aromatic nitrogens is 2. The first-order valence-corrected chi connectivity index (χ1v) is 5.98. The van der Waals surface area contributed by atoms with Crippen LogP contribution in [0.3, 0.4) is 0 Å². The maximum absolute atomic E-state index is 11.6. The smallest absolute Gasteiger partial charge is 0.248 e. The number of carbonyl (C=O) groups excluding carboxylic acids is 1. The van der Waals surface area contributed by atoms with Crippen LogP contribution >= 0.6 is 0 Å². The number of methoxy groups -OCH3 is 1. The molecule has 100 valence electrons. The second-order valence-electron chi connectivity index (χ2n) is 4.39. The van der Waals surface area contributed by atoms with Crippen LogP contribution in [0.25, 0.3) is 0 Å². The molecule has 0 spiro atoms. The molecule has 1 aromatic rings. The molecule has 0 N–H and O–H groups in total. The van der Waals surface area contributed by atoms with Crippen LogP contribution in [0.5, 0.6) is 0 Å². The zero-order chi connectivity index (χ0) is 13.0. The summed E-state index contributed by atoms with van der Waals surface area (Å²) in [5, 5.41) is 7.62. The van der Waals surface area contributed by atoms with Gasteiger partial charge in [0.2, 0.25) is 5.91 Å². The predicted octanol–water partition coefficient (Wildman–Crippen LogP) is -0.331. The van der Waals surface area contributed by atoms with Crippen LogP contribution in [-0.4, -0.2) is 65.9 Å². The molecule has 0 aliphatic carbocycles. The molecular weight excluding hydrogens is 236 g/mol. The van der Waals surface area contributed by atoms with Gasteiger partial charge in [0.05, 0.1) is 0 Å². The van der Waals surface area contributed by atoms with Gasteiger partial charge in [-0.2, -0.15) is 0 Å². The van der Waals surface area contributed by atoms with Gasteiger partial charge in [-0.05, 0) is 6.92 Å². The molecule has 2 heterocycles. The maximum atomic E-state index is 11.6. The Balaban J connectivity index is 1.80. The summed E-state index contributed by atoms with van der Waals surface area (Å²) in [6.45, 7) is 5.89. The minimum absolute atomic E-state index is 0.0523. The van der Waals surface area contributed by atoms with E-state index in [-0.39, 0.29) is 12.5 Å². The maximum Gasteiger partial charge on any atom is 0.248 e. The molecule has 0 unspecified atom stereocenters. The monoisotopic (exact) mass is 254 g/mol. The molecule has 1 aliphatic rings. The van der Waals surface area contributed by atoms with Gasteiger partial charge in [0.1, 0.15) is 18.0 Å². The topological polar surface area (TPSA) is 71.7 Å².